The maximum Gasteiger partial charge on any atom is 0.269 e. The molecule has 2 rings (SSSR count). The summed E-state index contributed by atoms with van der Waals surface area (Å²) >= 11 is 0. The molecule has 19 heavy (non-hydrogen) atoms. The van der Waals surface area contributed by atoms with Gasteiger partial charge in [-0.05, 0) is 44.7 Å². The van der Waals surface area contributed by atoms with E-state index in [4.69, 9.17) is 0 Å². The van der Waals surface area contributed by atoms with Crippen molar-refractivity contribution < 1.29 is 4.92 Å². The van der Waals surface area contributed by atoms with E-state index in [0.29, 0.717) is 0 Å². The summed E-state index contributed by atoms with van der Waals surface area (Å²) in [6.07, 6.45) is 7.15. The van der Waals surface area contributed by atoms with Gasteiger partial charge in [-0.15, -0.1) is 0 Å². The molecule has 1 unspecified atom stereocenters. The summed E-state index contributed by atoms with van der Waals surface area (Å²) in [6, 6.07) is 6.98. The van der Waals surface area contributed by atoms with E-state index in [0.717, 1.165) is 18.5 Å². The van der Waals surface area contributed by atoms with Crippen molar-refractivity contribution in [3.8, 4) is 0 Å². The maximum atomic E-state index is 10.7. The van der Waals surface area contributed by atoms with Gasteiger partial charge in [0.25, 0.3) is 5.69 Å². The summed E-state index contributed by atoms with van der Waals surface area (Å²) in [6.45, 7) is 2.97. The number of nitrogens with zero attached hydrogens (tertiary/aromatic N) is 1. The number of nitrogens with one attached hydrogen (secondary N) is 1. The Morgan fingerprint density at radius 3 is 3.00 bits per heavy atom. The highest BCUT2D eigenvalue weighted by atomic mass is 16.6. The Bertz CT molecular complexity index is 483. The maximum absolute atomic E-state index is 10.7. The van der Waals surface area contributed by atoms with E-state index in [1.165, 1.54) is 25.3 Å². The first-order chi connectivity index (χ1) is 9.16. The van der Waals surface area contributed by atoms with Gasteiger partial charge in [-0.2, -0.15) is 0 Å². The molecule has 4 heteroatoms. The molecule has 0 saturated carbocycles. The van der Waals surface area contributed by atoms with Crippen molar-refractivity contribution in [3.63, 3.8) is 0 Å². The third-order valence-corrected chi connectivity index (χ3v) is 3.61. The third-order valence-electron chi connectivity index (χ3n) is 3.61. The Balaban J connectivity index is 1.86. The molecule has 1 aliphatic rings. The Morgan fingerprint density at radius 2 is 2.32 bits per heavy atom. The average molecular weight is 260 g/mol. The van der Waals surface area contributed by atoms with Gasteiger partial charge in [0, 0.05) is 18.2 Å². The number of nitro groups is 1. The molecule has 0 bridgehead atoms. The van der Waals surface area contributed by atoms with E-state index in [2.05, 4.69) is 11.4 Å². The minimum Gasteiger partial charge on any atom is -0.310 e. The molecule has 0 heterocycles. The molecule has 0 saturated heterocycles. The van der Waals surface area contributed by atoms with Gasteiger partial charge in [-0.25, -0.2) is 0 Å². The molecule has 0 fully saturated rings. The summed E-state index contributed by atoms with van der Waals surface area (Å²) in [5.74, 6) is 0. The van der Waals surface area contributed by atoms with Gasteiger partial charge in [0.1, 0.15) is 0 Å². The molecule has 0 radical (unpaired) electrons. The van der Waals surface area contributed by atoms with Crippen LogP contribution in [0.15, 0.2) is 35.9 Å². The molecule has 1 aliphatic carbocycles. The molecule has 1 atom stereocenters. The van der Waals surface area contributed by atoms with Crippen LogP contribution in [0.2, 0.25) is 0 Å². The van der Waals surface area contributed by atoms with Gasteiger partial charge in [0.2, 0.25) is 0 Å². The van der Waals surface area contributed by atoms with Crippen molar-refractivity contribution in [1.29, 1.82) is 0 Å². The summed E-state index contributed by atoms with van der Waals surface area (Å²) in [4.78, 5) is 10.4. The van der Waals surface area contributed by atoms with Crippen molar-refractivity contribution in [3.05, 3.63) is 51.6 Å². The van der Waals surface area contributed by atoms with Crippen molar-refractivity contribution in [1.82, 2.24) is 5.32 Å². The summed E-state index contributed by atoms with van der Waals surface area (Å²) in [5, 5.41) is 14.2. The van der Waals surface area contributed by atoms with E-state index in [9.17, 15) is 10.1 Å². The number of benzene rings is 1. The van der Waals surface area contributed by atoms with Crippen LogP contribution < -0.4 is 5.32 Å². The number of hydrogen-bond acceptors (Lipinski definition) is 3. The molecular formula is C15H20N2O2. The van der Waals surface area contributed by atoms with Crippen LogP contribution >= 0.6 is 0 Å². The summed E-state index contributed by atoms with van der Waals surface area (Å²) < 4.78 is 0. The van der Waals surface area contributed by atoms with Crippen molar-refractivity contribution in [2.45, 2.75) is 38.6 Å². The Hall–Kier alpha value is -1.68. The Labute approximate surface area is 113 Å². The van der Waals surface area contributed by atoms with Gasteiger partial charge in [0.05, 0.1) is 4.92 Å². The monoisotopic (exact) mass is 260 g/mol. The summed E-state index contributed by atoms with van der Waals surface area (Å²) in [5.41, 5.74) is 2.66. The quantitative estimate of drug-likeness (QED) is 0.481. The SMILES string of the molecule is CC(NCCC1=CCCC1)c1cccc([N+](=O)[O-])c1. The Morgan fingerprint density at radius 1 is 1.47 bits per heavy atom. The second-order valence-electron chi connectivity index (χ2n) is 5.03. The van der Waals surface area contributed by atoms with Crippen LogP contribution in [0.4, 0.5) is 5.69 Å². The summed E-state index contributed by atoms with van der Waals surface area (Å²) in [7, 11) is 0. The lowest BCUT2D eigenvalue weighted by atomic mass is 10.1. The first-order valence-electron chi connectivity index (χ1n) is 6.82. The first-order valence-corrected chi connectivity index (χ1v) is 6.82. The molecule has 0 aromatic heterocycles. The van der Waals surface area contributed by atoms with Gasteiger partial charge in [0.15, 0.2) is 0 Å². The van der Waals surface area contributed by atoms with E-state index < -0.39 is 0 Å². The number of allylic oxidation sites excluding steroid dienone is 1. The fourth-order valence-electron chi connectivity index (χ4n) is 2.44. The van der Waals surface area contributed by atoms with Crippen LogP contribution in [0, 0.1) is 10.1 Å². The predicted octanol–water partition coefficient (Wildman–Crippen LogP) is 3.75. The molecule has 1 aromatic rings. The number of hydrogen-bond donors (Lipinski definition) is 1. The molecule has 1 aromatic carbocycles. The highest BCUT2D eigenvalue weighted by molar-refractivity contribution is 5.35. The molecule has 102 valence electrons. The van der Waals surface area contributed by atoms with E-state index in [-0.39, 0.29) is 16.7 Å². The normalized spacial score (nSPS) is 16.2. The van der Waals surface area contributed by atoms with Crippen molar-refractivity contribution in [2.24, 2.45) is 0 Å². The smallest absolute Gasteiger partial charge is 0.269 e. The van der Waals surface area contributed by atoms with E-state index in [1.807, 2.05) is 13.0 Å². The lowest BCUT2D eigenvalue weighted by Crippen LogP contribution is -2.20. The van der Waals surface area contributed by atoms with E-state index >= 15 is 0 Å². The van der Waals surface area contributed by atoms with Crippen LogP contribution in [0.5, 0.6) is 0 Å². The van der Waals surface area contributed by atoms with Gasteiger partial charge in [-0.1, -0.05) is 23.8 Å². The van der Waals surface area contributed by atoms with Gasteiger partial charge >= 0.3 is 0 Å². The van der Waals surface area contributed by atoms with Crippen molar-refractivity contribution in [2.75, 3.05) is 6.54 Å². The second kappa shape index (κ2) is 6.48. The molecule has 0 spiro atoms. The Kier molecular flexibility index (Phi) is 4.68. The van der Waals surface area contributed by atoms with Gasteiger partial charge < -0.3 is 5.32 Å². The van der Waals surface area contributed by atoms with Gasteiger partial charge in [-0.3, -0.25) is 10.1 Å². The highest BCUT2D eigenvalue weighted by Crippen LogP contribution is 2.21. The largest absolute Gasteiger partial charge is 0.310 e. The number of rotatable bonds is 6. The number of non-ortho nitro benzene ring substituents is 1. The molecular weight excluding hydrogens is 240 g/mol. The molecule has 1 N–H and O–H groups in total. The van der Waals surface area contributed by atoms with Crippen LogP contribution in [0.3, 0.4) is 0 Å². The van der Waals surface area contributed by atoms with E-state index in [1.54, 1.807) is 17.7 Å². The van der Waals surface area contributed by atoms with Crippen LogP contribution in [-0.4, -0.2) is 11.5 Å². The molecule has 0 amide bonds. The predicted molar refractivity (Wildman–Crippen MR) is 76.1 cm³/mol. The fraction of sp³-hybridized carbons (Fsp3) is 0.467. The average Bonchev–Trinajstić information content (AvgIpc) is 2.92. The van der Waals surface area contributed by atoms with Crippen LogP contribution in [-0.2, 0) is 0 Å². The zero-order valence-corrected chi connectivity index (χ0v) is 11.3. The number of nitro benzene ring substituents is 1. The van der Waals surface area contributed by atoms with Crippen molar-refractivity contribution >= 4 is 5.69 Å². The minimum absolute atomic E-state index is 0.141. The van der Waals surface area contributed by atoms with Crippen LogP contribution in [0.1, 0.15) is 44.2 Å². The molecule has 0 aliphatic heterocycles. The standard InChI is InChI=1S/C15H20N2O2/c1-12(16-10-9-13-5-2-3-6-13)14-7-4-8-15(11-14)17(18)19/h4-5,7-8,11-12,16H,2-3,6,9-10H2,1H3. The topological polar surface area (TPSA) is 55.2 Å². The first kappa shape index (κ1) is 13.7. The lowest BCUT2D eigenvalue weighted by Gasteiger charge is -2.14. The molecule has 4 nitrogen and oxygen atoms in total. The minimum atomic E-state index is -0.348. The lowest BCUT2D eigenvalue weighted by molar-refractivity contribution is -0.384. The van der Waals surface area contributed by atoms with Crippen LogP contribution in [0.25, 0.3) is 0 Å². The third kappa shape index (κ3) is 3.89. The second-order valence-corrected chi connectivity index (χ2v) is 5.03. The zero-order valence-electron chi connectivity index (χ0n) is 11.3. The highest BCUT2D eigenvalue weighted by Gasteiger charge is 2.11. The fourth-order valence-corrected chi connectivity index (χ4v) is 2.44. The zero-order chi connectivity index (χ0) is 13.7.